The zero-order valence-corrected chi connectivity index (χ0v) is 12.5. The van der Waals surface area contributed by atoms with Crippen LogP contribution in [0.15, 0.2) is 24.3 Å². The van der Waals surface area contributed by atoms with Gasteiger partial charge in [-0.15, -0.1) is 0 Å². The van der Waals surface area contributed by atoms with Gasteiger partial charge in [-0.1, -0.05) is 37.6 Å². The normalized spacial score (nSPS) is 31.2. The van der Waals surface area contributed by atoms with Crippen molar-refractivity contribution in [2.45, 2.75) is 35.6 Å². The summed E-state index contributed by atoms with van der Waals surface area (Å²) in [5.41, 5.74) is 7.54. The largest absolute Gasteiger partial charge is 0.323 e. The summed E-state index contributed by atoms with van der Waals surface area (Å²) in [6.45, 7) is 4.59. The highest BCUT2D eigenvalue weighted by Gasteiger charge is 2.30. The topological polar surface area (TPSA) is 26.0 Å². The Kier molecular flexibility index (Phi) is 4.70. The van der Waals surface area contributed by atoms with Gasteiger partial charge in [-0.25, -0.2) is 0 Å². The predicted octanol–water partition coefficient (Wildman–Crippen LogP) is 3.97. The van der Waals surface area contributed by atoms with Crippen LogP contribution in [0.1, 0.15) is 25.5 Å². The van der Waals surface area contributed by atoms with E-state index >= 15 is 0 Å². The second-order valence-corrected chi connectivity index (χ2v) is 7.96. The van der Waals surface area contributed by atoms with Crippen molar-refractivity contribution in [3.8, 4) is 0 Å². The molecule has 4 atom stereocenters. The lowest BCUT2D eigenvalue weighted by atomic mass is 10.1. The Hall–Kier alpha value is 0.170. The van der Waals surface area contributed by atoms with Gasteiger partial charge < -0.3 is 5.73 Å². The Balaban J connectivity index is 2.05. The minimum absolute atomic E-state index is 0.111. The first kappa shape index (κ1) is 13.6. The Morgan fingerprint density at radius 2 is 1.88 bits per heavy atom. The van der Waals surface area contributed by atoms with Crippen LogP contribution in [0.5, 0.6) is 0 Å². The molecule has 17 heavy (non-hydrogen) atoms. The summed E-state index contributed by atoms with van der Waals surface area (Å²) in [5, 5.41) is 2.69. The molecule has 1 aromatic carbocycles. The summed E-state index contributed by atoms with van der Waals surface area (Å²) in [5.74, 6) is 1.14. The number of rotatable bonds is 2. The molecular weight excluding hydrogens is 270 g/mol. The van der Waals surface area contributed by atoms with Gasteiger partial charge in [0.25, 0.3) is 0 Å². The predicted molar refractivity (Wildman–Crippen MR) is 81.1 cm³/mol. The van der Waals surface area contributed by atoms with E-state index in [2.05, 4.69) is 13.8 Å². The summed E-state index contributed by atoms with van der Waals surface area (Å²) in [4.78, 5) is 0. The molecule has 1 fully saturated rings. The summed E-state index contributed by atoms with van der Waals surface area (Å²) < 4.78 is 0. The molecule has 0 spiro atoms. The molecule has 0 bridgehead atoms. The third-order valence-electron chi connectivity index (χ3n) is 3.23. The first-order chi connectivity index (χ1) is 8.08. The van der Waals surface area contributed by atoms with Crippen LogP contribution in [-0.2, 0) is 0 Å². The summed E-state index contributed by atoms with van der Waals surface area (Å²) in [6, 6.07) is 8.04. The van der Waals surface area contributed by atoms with Crippen LogP contribution in [-0.4, -0.2) is 21.5 Å². The zero-order valence-electron chi connectivity index (χ0n) is 10.1. The fourth-order valence-electron chi connectivity index (χ4n) is 1.90. The molecule has 4 heteroatoms. The Morgan fingerprint density at radius 1 is 1.24 bits per heavy atom. The smallest absolute Gasteiger partial charge is 0.0423 e. The van der Waals surface area contributed by atoms with Crippen molar-refractivity contribution in [2.24, 2.45) is 5.73 Å². The minimum atomic E-state index is 0.111. The zero-order chi connectivity index (χ0) is 12.4. The van der Waals surface area contributed by atoms with Crippen molar-refractivity contribution >= 4 is 35.1 Å². The summed E-state index contributed by atoms with van der Waals surface area (Å²) in [7, 11) is 0. The van der Waals surface area contributed by atoms with E-state index in [9.17, 15) is 0 Å². The monoisotopic (exact) mass is 287 g/mol. The molecule has 0 aromatic heterocycles. The summed E-state index contributed by atoms with van der Waals surface area (Å²) >= 11 is 9.95. The maximum Gasteiger partial charge on any atom is 0.0423 e. The first-order valence-electron chi connectivity index (χ1n) is 5.86. The van der Waals surface area contributed by atoms with E-state index in [0.717, 1.165) is 16.0 Å². The molecule has 4 unspecified atom stereocenters. The minimum Gasteiger partial charge on any atom is -0.323 e. The second kappa shape index (κ2) is 5.87. The maximum absolute atomic E-state index is 6.35. The molecule has 94 valence electrons. The van der Waals surface area contributed by atoms with Gasteiger partial charge in [0.1, 0.15) is 0 Å². The number of nitrogens with two attached hydrogens (primary N) is 1. The lowest BCUT2D eigenvalue weighted by Gasteiger charge is -2.34. The Labute approximate surface area is 117 Å². The first-order valence-corrected chi connectivity index (χ1v) is 8.23. The Bertz CT molecular complexity index is 368. The number of hydrogen-bond acceptors (Lipinski definition) is 3. The highest BCUT2D eigenvalue weighted by Crippen LogP contribution is 2.40. The van der Waals surface area contributed by atoms with Crippen LogP contribution in [0.4, 0.5) is 0 Å². The number of hydrogen-bond donors (Lipinski definition) is 1. The molecule has 1 saturated heterocycles. The fraction of sp³-hybridized carbons (Fsp3) is 0.538. The second-order valence-electron chi connectivity index (χ2n) is 4.50. The average molecular weight is 288 g/mol. The number of thioether (sulfide) groups is 2. The van der Waals surface area contributed by atoms with Crippen LogP contribution in [0, 0.1) is 0 Å². The van der Waals surface area contributed by atoms with Gasteiger partial charge in [0.15, 0.2) is 0 Å². The third kappa shape index (κ3) is 3.34. The molecule has 1 nitrogen and oxygen atoms in total. The van der Waals surface area contributed by atoms with E-state index in [0.29, 0.717) is 10.5 Å². The van der Waals surface area contributed by atoms with E-state index in [1.165, 1.54) is 5.56 Å². The molecule has 1 aliphatic rings. The van der Waals surface area contributed by atoms with Crippen molar-refractivity contribution in [1.29, 1.82) is 0 Å². The van der Waals surface area contributed by atoms with Gasteiger partial charge in [-0.05, 0) is 17.7 Å². The van der Waals surface area contributed by atoms with Gasteiger partial charge in [-0.3, -0.25) is 0 Å². The van der Waals surface area contributed by atoms with E-state index < -0.39 is 0 Å². The van der Waals surface area contributed by atoms with Crippen molar-refractivity contribution in [1.82, 2.24) is 0 Å². The molecule has 1 heterocycles. The third-order valence-corrected chi connectivity index (χ3v) is 7.00. The van der Waals surface area contributed by atoms with Crippen molar-refractivity contribution in [3.63, 3.8) is 0 Å². The van der Waals surface area contributed by atoms with Crippen LogP contribution in [0.3, 0.4) is 0 Å². The average Bonchev–Trinajstić information content (AvgIpc) is 2.33. The van der Waals surface area contributed by atoms with E-state index in [1.807, 2.05) is 47.8 Å². The molecule has 1 aromatic rings. The van der Waals surface area contributed by atoms with Gasteiger partial charge >= 0.3 is 0 Å². The molecule has 0 radical (unpaired) electrons. The van der Waals surface area contributed by atoms with Gasteiger partial charge in [-0.2, -0.15) is 23.5 Å². The SMILES string of the molecule is CC1SCC(C(N)c2ccc(Cl)cc2)SC1C. The number of halogens is 1. The van der Waals surface area contributed by atoms with Crippen LogP contribution in [0.25, 0.3) is 0 Å². The molecular formula is C13H18ClNS2. The molecule has 2 rings (SSSR count). The van der Waals surface area contributed by atoms with Crippen LogP contribution < -0.4 is 5.73 Å². The Morgan fingerprint density at radius 3 is 2.47 bits per heavy atom. The lowest BCUT2D eigenvalue weighted by molar-refractivity contribution is 0.708. The molecule has 0 amide bonds. The van der Waals surface area contributed by atoms with Crippen LogP contribution >= 0.6 is 35.1 Å². The van der Waals surface area contributed by atoms with Crippen molar-refractivity contribution in [2.75, 3.05) is 5.75 Å². The standard InChI is InChI=1S/C13H18ClNS2/c1-8-9(2)17-12(7-16-8)13(15)10-3-5-11(14)6-4-10/h3-6,8-9,12-13H,7,15H2,1-2H3. The van der Waals surface area contributed by atoms with Gasteiger partial charge in [0, 0.05) is 32.6 Å². The molecule has 1 aliphatic heterocycles. The lowest BCUT2D eigenvalue weighted by Crippen LogP contribution is -2.34. The molecule has 0 aliphatic carbocycles. The van der Waals surface area contributed by atoms with Gasteiger partial charge in [0.05, 0.1) is 0 Å². The molecule has 2 N–H and O–H groups in total. The summed E-state index contributed by atoms with van der Waals surface area (Å²) in [6.07, 6.45) is 0. The van der Waals surface area contributed by atoms with Crippen molar-refractivity contribution < 1.29 is 0 Å². The van der Waals surface area contributed by atoms with E-state index in [4.69, 9.17) is 17.3 Å². The van der Waals surface area contributed by atoms with E-state index in [-0.39, 0.29) is 6.04 Å². The maximum atomic E-state index is 6.35. The highest BCUT2D eigenvalue weighted by atomic mass is 35.5. The van der Waals surface area contributed by atoms with Gasteiger partial charge in [0.2, 0.25) is 0 Å². The fourth-order valence-corrected chi connectivity index (χ4v) is 5.07. The van der Waals surface area contributed by atoms with E-state index in [1.54, 1.807) is 0 Å². The van der Waals surface area contributed by atoms with Crippen molar-refractivity contribution in [3.05, 3.63) is 34.9 Å². The van der Waals surface area contributed by atoms with Crippen LogP contribution in [0.2, 0.25) is 5.02 Å². The highest BCUT2D eigenvalue weighted by molar-refractivity contribution is 8.07. The molecule has 0 saturated carbocycles. The number of benzene rings is 1. The quantitative estimate of drug-likeness (QED) is 0.891.